The van der Waals surface area contributed by atoms with Crippen molar-refractivity contribution in [2.45, 2.75) is 19.9 Å². The highest BCUT2D eigenvalue weighted by molar-refractivity contribution is 5.89. The molecule has 10 heteroatoms. The lowest BCUT2D eigenvalue weighted by atomic mass is 10.3. The summed E-state index contributed by atoms with van der Waals surface area (Å²) in [5.41, 5.74) is 0. The first-order valence-corrected chi connectivity index (χ1v) is 9.24. The van der Waals surface area contributed by atoms with Crippen LogP contribution in [0, 0.1) is 5.82 Å². The third-order valence-electron chi connectivity index (χ3n) is 3.48. The van der Waals surface area contributed by atoms with Gasteiger partial charge >= 0.3 is 18.0 Å². The van der Waals surface area contributed by atoms with Gasteiger partial charge in [0.05, 0.1) is 6.54 Å². The van der Waals surface area contributed by atoms with E-state index in [4.69, 9.17) is 14.9 Å². The lowest BCUT2D eigenvalue weighted by Crippen LogP contribution is -2.47. The normalized spacial score (nSPS) is 10.5. The summed E-state index contributed by atoms with van der Waals surface area (Å²) in [5, 5.41) is 18.5. The third kappa shape index (κ3) is 13.9. The van der Waals surface area contributed by atoms with Crippen molar-refractivity contribution < 1.29 is 33.7 Å². The molecule has 0 aliphatic rings. The molecule has 0 saturated heterocycles. The highest BCUT2D eigenvalue weighted by atomic mass is 19.1. The van der Waals surface area contributed by atoms with Crippen molar-refractivity contribution in [3.05, 3.63) is 42.2 Å². The number of carboxylic acid groups (broad SMARTS) is 2. The molecule has 1 aromatic carbocycles. The number of likely N-dealkylation sites (N-methyl/N-ethyl adjacent to an activating group) is 1. The monoisotopic (exact) mass is 427 g/mol. The van der Waals surface area contributed by atoms with E-state index < -0.39 is 11.9 Å². The van der Waals surface area contributed by atoms with Crippen molar-refractivity contribution in [1.82, 2.24) is 15.1 Å². The molecule has 1 rings (SSSR count). The highest BCUT2D eigenvalue weighted by Gasteiger charge is 2.16. The number of halogens is 1. The van der Waals surface area contributed by atoms with Crippen molar-refractivity contribution in [3.8, 4) is 5.75 Å². The maximum atomic E-state index is 13.1. The molecule has 0 radical (unpaired) electrons. The molecule has 1 aromatic rings. The molecule has 0 atom stereocenters. The number of nitrogens with one attached hydrogen (secondary N) is 1. The Labute approximate surface area is 175 Å². The second-order valence-corrected chi connectivity index (χ2v) is 6.64. The molecular formula is C20H30FN3O6. The Kier molecular flexibility index (Phi) is 13.3. The number of nitrogens with zero attached hydrogens (tertiary/aromatic N) is 2. The molecule has 0 aromatic heterocycles. The Morgan fingerprint density at radius 2 is 1.73 bits per heavy atom. The number of carbonyl (C=O) groups is 3. The van der Waals surface area contributed by atoms with Gasteiger partial charge in [0.1, 0.15) is 18.2 Å². The molecule has 0 spiro atoms. The van der Waals surface area contributed by atoms with E-state index in [1.54, 1.807) is 17.0 Å². The summed E-state index contributed by atoms with van der Waals surface area (Å²) in [4.78, 5) is 35.0. The molecule has 168 valence electrons. The lowest BCUT2D eigenvalue weighted by Gasteiger charge is -2.27. The molecule has 0 heterocycles. The summed E-state index contributed by atoms with van der Waals surface area (Å²) in [5.74, 6) is -2.38. The molecule has 0 unspecified atom stereocenters. The van der Waals surface area contributed by atoms with Crippen LogP contribution in [-0.2, 0) is 9.59 Å². The first kappa shape index (κ1) is 26.9. The molecule has 3 N–H and O–H groups in total. The Morgan fingerprint density at radius 3 is 2.20 bits per heavy atom. The molecule has 0 aliphatic carbocycles. The number of rotatable bonds is 10. The predicted octanol–water partition coefficient (Wildman–Crippen LogP) is 1.90. The van der Waals surface area contributed by atoms with Gasteiger partial charge in [-0.3, -0.25) is 0 Å². The minimum Gasteiger partial charge on any atom is -0.492 e. The van der Waals surface area contributed by atoms with Crippen LogP contribution in [-0.4, -0.2) is 84.4 Å². The van der Waals surface area contributed by atoms with Crippen LogP contribution in [0.3, 0.4) is 0 Å². The molecule has 0 saturated carbocycles. The van der Waals surface area contributed by atoms with Gasteiger partial charge in [0.15, 0.2) is 0 Å². The number of carbonyl (C=O) groups excluding carboxylic acids is 1. The van der Waals surface area contributed by atoms with Crippen LogP contribution in [0.1, 0.15) is 13.8 Å². The zero-order valence-corrected chi connectivity index (χ0v) is 17.7. The largest absolute Gasteiger partial charge is 0.492 e. The highest BCUT2D eigenvalue weighted by Crippen LogP contribution is 2.12. The smallest absolute Gasteiger partial charge is 0.328 e. The molecular weight excluding hydrogens is 397 g/mol. The molecule has 0 fully saturated rings. The van der Waals surface area contributed by atoms with Crippen LogP contribution in [0.5, 0.6) is 5.75 Å². The van der Waals surface area contributed by atoms with E-state index in [0.29, 0.717) is 37.6 Å². The van der Waals surface area contributed by atoms with Gasteiger partial charge in [0, 0.05) is 37.3 Å². The van der Waals surface area contributed by atoms with Crippen molar-refractivity contribution in [2.75, 3.05) is 40.3 Å². The number of amides is 2. The first-order valence-electron chi connectivity index (χ1n) is 9.24. The number of ether oxygens (including phenoxy) is 1. The number of benzene rings is 1. The maximum Gasteiger partial charge on any atom is 0.328 e. The number of carboxylic acids is 2. The second-order valence-electron chi connectivity index (χ2n) is 6.64. The van der Waals surface area contributed by atoms with Crippen LogP contribution in [0.25, 0.3) is 0 Å². The van der Waals surface area contributed by atoms with Crippen molar-refractivity contribution >= 4 is 18.0 Å². The molecule has 9 nitrogen and oxygen atoms in total. The Balaban J connectivity index is 0.000000890. The zero-order chi connectivity index (χ0) is 23.1. The summed E-state index contributed by atoms with van der Waals surface area (Å²) >= 11 is 0. The van der Waals surface area contributed by atoms with E-state index in [9.17, 15) is 18.8 Å². The maximum absolute atomic E-state index is 13.1. The molecule has 0 bridgehead atoms. The van der Waals surface area contributed by atoms with E-state index in [1.165, 1.54) is 12.1 Å². The summed E-state index contributed by atoms with van der Waals surface area (Å²) in [6, 6.07) is 5.94. The predicted molar refractivity (Wildman–Crippen MR) is 110 cm³/mol. The topological polar surface area (TPSA) is 119 Å². The average molecular weight is 427 g/mol. The van der Waals surface area contributed by atoms with Gasteiger partial charge in [-0.05, 0) is 40.1 Å². The average Bonchev–Trinajstić information content (AvgIpc) is 2.63. The van der Waals surface area contributed by atoms with Crippen LogP contribution >= 0.6 is 0 Å². The van der Waals surface area contributed by atoms with Gasteiger partial charge in [-0.15, -0.1) is 0 Å². The molecule has 30 heavy (non-hydrogen) atoms. The number of hydrogen-bond acceptors (Lipinski definition) is 5. The number of hydrogen-bond donors (Lipinski definition) is 3. The van der Waals surface area contributed by atoms with Crippen LogP contribution in [0.15, 0.2) is 36.4 Å². The minimum atomic E-state index is -1.26. The molecule has 2 amide bonds. The van der Waals surface area contributed by atoms with Crippen molar-refractivity contribution in [3.63, 3.8) is 0 Å². The van der Waals surface area contributed by atoms with Crippen LogP contribution in [0.2, 0.25) is 0 Å². The van der Waals surface area contributed by atoms with Gasteiger partial charge < -0.3 is 30.1 Å². The fourth-order valence-corrected chi connectivity index (χ4v) is 2.04. The molecule has 0 aliphatic heterocycles. The van der Waals surface area contributed by atoms with E-state index in [-0.39, 0.29) is 17.9 Å². The number of urea groups is 1. The van der Waals surface area contributed by atoms with Gasteiger partial charge in [0.2, 0.25) is 0 Å². The summed E-state index contributed by atoms with van der Waals surface area (Å²) in [7, 11) is 3.92. The summed E-state index contributed by atoms with van der Waals surface area (Å²) in [6.07, 6.45) is 1.12. The summed E-state index contributed by atoms with van der Waals surface area (Å²) < 4.78 is 18.5. The van der Waals surface area contributed by atoms with Gasteiger partial charge in [-0.1, -0.05) is 6.07 Å². The third-order valence-corrected chi connectivity index (χ3v) is 3.48. The van der Waals surface area contributed by atoms with Gasteiger partial charge in [0.25, 0.3) is 0 Å². The van der Waals surface area contributed by atoms with Crippen molar-refractivity contribution in [2.24, 2.45) is 0 Å². The van der Waals surface area contributed by atoms with Crippen molar-refractivity contribution in [1.29, 1.82) is 0 Å². The van der Waals surface area contributed by atoms with E-state index in [2.05, 4.69) is 5.32 Å². The lowest BCUT2D eigenvalue weighted by molar-refractivity contribution is -0.134. The minimum absolute atomic E-state index is 0.0652. The van der Waals surface area contributed by atoms with E-state index >= 15 is 0 Å². The Bertz CT molecular complexity index is 694. The van der Waals surface area contributed by atoms with Crippen LogP contribution < -0.4 is 10.1 Å². The summed E-state index contributed by atoms with van der Waals surface area (Å²) in [6.45, 7) is 6.06. The van der Waals surface area contributed by atoms with Gasteiger partial charge in [-0.25, -0.2) is 18.8 Å². The zero-order valence-electron chi connectivity index (χ0n) is 17.7. The first-order chi connectivity index (χ1) is 14.0. The standard InChI is InChI=1S/C16H26FN3O2.C4H4O4/c1-13(2)20(16(21)18-8-9-19(3)4)10-11-22-15-7-5-6-14(17)12-15;5-3(6)1-2-4(7)8/h5-7,12-13H,8-11H2,1-4H3,(H,18,21);1-2H,(H,5,6)(H,7,8). The van der Waals surface area contributed by atoms with Crippen LogP contribution in [0.4, 0.5) is 9.18 Å². The van der Waals surface area contributed by atoms with E-state index in [1.807, 2.05) is 32.8 Å². The Morgan fingerprint density at radius 1 is 1.13 bits per heavy atom. The van der Waals surface area contributed by atoms with Gasteiger partial charge in [-0.2, -0.15) is 0 Å². The van der Waals surface area contributed by atoms with E-state index in [0.717, 1.165) is 6.54 Å². The fraction of sp³-hybridized carbons (Fsp3) is 0.450. The number of aliphatic carboxylic acids is 2. The fourth-order valence-electron chi connectivity index (χ4n) is 2.04. The Hall–Kier alpha value is -3.14. The quantitative estimate of drug-likeness (QED) is 0.488. The second kappa shape index (κ2) is 14.8. The SMILES string of the molecule is CC(C)N(CCOc1cccc(F)c1)C(=O)NCCN(C)C.O=C(O)C=CC(=O)O.